The highest BCUT2D eigenvalue weighted by molar-refractivity contribution is 4.76. The van der Waals surface area contributed by atoms with Crippen molar-refractivity contribution in [1.29, 1.82) is 0 Å². The van der Waals surface area contributed by atoms with Gasteiger partial charge in [0.15, 0.2) is 0 Å². The molecule has 3 saturated heterocycles. The largest absolute Gasteiger partial charge is 0.376 e. The first-order valence-corrected chi connectivity index (χ1v) is 6.06. The zero-order valence-electron chi connectivity index (χ0n) is 9.83. The van der Waals surface area contributed by atoms with Crippen LogP contribution in [0.5, 0.6) is 0 Å². The molecule has 0 aromatic rings. The first-order valence-electron chi connectivity index (χ1n) is 6.06. The fourth-order valence-electron chi connectivity index (χ4n) is 3.34. The Kier molecular flexibility index (Phi) is 2.85. The van der Waals surface area contributed by atoms with Gasteiger partial charge in [-0.2, -0.15) is 0 Å². The highest BCUT2D eigenvalue weighted by Crippen LogP contribution is 2.36. The summed E-state index contributed by atoms with van der Waals surface area (Å²) < 4.78 is 6.83. The molecule has 0 unspecified atom stereocenters. The maximum atomic E-state index is 5.49. The van der Waals surface area contributed by atoms with Crippen LogP contribution in [0.1, 0.15) is 33.1 Å². The Hall–Kier alpha value is -0.0800. The van der Waals surface area contributed by atoms with Gasteiger partial charge >= 0.3 is 0 Å². The zero-order chi connectivity index (χ0) is 10.2. The lowest BCUT2D eigenvalue weighted by Gasteiger charge is -2.53. The summed E-state index contributed by atoms with van der Waals surface area (Å²) in [5, 5.41) is 0. The van der Waals surface area contributed by atoms with Gasteiger partial charge in [-0.1, -0.05) is 0 Å². The van der Waals surface area contributed by atoms with E-state index in [1.165, 1.54) is 43.4 Å². The van der Waals surface area contributed by atoms with Crippen molar-refractivity contribution in [3.8, 4) is 0 Å². The van der Waals surface area contributed by atoms with E-state index in [9.17, 15) is 0 Å². The lowest BCUT2D eigenvalue weighted by molar-refractivity contribution is -0.966. The van der Waals surface area contributed by atoms with Crippen molar-refractivity contribution in [2.45, 2.75) is 45.3 Å². The van der Waals surface area contributed by atoms with E-state index in [0.29, 0.717) is 12.1 Å². The standard InChI is InChI=1S/C12H24NO/c1-10(11(2)14-3)13-7-4-12(5-8-13)6-9-13/h10-12H,4-9H2,1-3H3/q+1/t10-,11-,12?,13?/m1/s1. The highest BCUT2D eigenvalue weighted by Gasteiger charge is 2.44. The fourth-order valence-corrected chi connectivity index (χ4v) is 3.34. The van der Waals surface area contributed by atoms with E-state index in [-0.39, 0.29) is 0 Å². The van der Waals surface area contributed by atoms with Crippen molar-refractivity contribution in [1.82, 2.24) is 0 Å². The van der Waals surface area contributed by atoms with E-state index in [4.69, 9.17) is 4.74 Å². The molecule has 3 fully saturated rings. The van der Waals surface area contributed by atoms with Crippen LogP contribution in [-0.4, -0.2) is 43.4 Å². The molecule has 3 aliphatic heterocycles. The van der Waals surface area contributed by atoms with Gasteiger partial charge < -0.3 is 9.22 Å². The lowest BCUT2D eigenvalue weighted by Crippen LogP contribution is -2.65. The molecule has 82 valence electrons. The average molecular weight is 198 g/mol. The summed E-state index contributed by atoms with van der Waals surface area (Å²) in [5.74, 6) is 1.06. The molecule has 0 aromatic carbocycles. The predicted molar refractivity (Wildman–Crippen MR) is 58.1 cm³/mol. The SMILES string of the molecule is CO[C@H](C)[C@@H](C)[N+]12CCC(CC1)CC2. The summed E-state index contributed by atoms with van der Waals surface area (Å²) in [6.45, 7) is 8.80. The number of hydrogen-bond donors (Lipinski definition) is 0. The quantitative estimate of drug-likeness (QED) is 0.631. The summed E-state index contributed by atoms with van der Waals surface area (Å²) in [6, 6.07) is 0.682. The van der Waals surface area contributed by atoms with Crippen LogP contribution in [-0.2, 0) is 4.74 Å². The van der Waals surface area contributed by atoms with Crippen LogP contribution >= 0.6 is 0 Å². The molecule has 0 aliphatic carbocycles. The number of quaternary nitrogens is 1. The van der Waals surface area contributed by atoms with E-state index in [2.05, 4.69) is 13.8 Å². The third kappa shape index (κ3) is 1.59. The lowest BCUT2D eigenvalue weighted by atomic mass is 9.84. The fraction of sp³-hybridized carbons (Fsp3) is 1.00. The van der Waals surface area contributed by atoms with Crippen LogP contribution in [0.3, 0.4) is 0 Å². The molecule has 2 atom stereocenters. The second kappa shape index (κ2) is 3.82. The maximum absolute atomic E-state index is 5.49. The normalized spacial score (nSPS) is 40.9. The van der Waals surface area contributed by atoms with Gasteiger partial charge in [-0.05, 0) is 39.0 Å². The van der Waals surface area contributed by atoms with Crippen LogP contribution in [0.4, 0.5) is 0 Å². The molecule has 2 heteroatoms. The molecular weight excluding hydrogens is 174 g/mol. The predicted octanol–water partition coefficient (Wildman–Crippen LogP) is 2.04. The van der Waals surface area contributed by atoms with Gasteiger partial charge in [0.05, 0.1) is 19.6 Å². The molecule has 0 amide bonds. The third-order valence-electron chi connectivity index (χ3n) is 4.86. The molecule has 14 heavy (non-hydrogen) atoms. The van der Waals surface area contributed by atoms with Crippen LogP contribution in [0.25, 0.3) is 0 Å². The molecule has 0 N–H and O–H groups in total. The molecule has 0 saturated carbocycles. The third-order valence-corrected chi connectivity index (χ3v) is 4.86. The Morgan fingerprint density at radius 1 is 1.07 bits per heavy atom. The van der Waals surface area contributed by atoms with Crippen molar-refractivity contribution in [2.24, 2.45) is 5.92 Å². The van der Waals surface area contributed by atoms with Gasteiger partial charge in [-0.3, -0.25) is 0 Å². The van der Waals surface area contributed by atoms with Crippen molar-refractivity contribution in [3.63, 3.8) is 0 Å². The summed E-state index contributed by atoms with van der Waals surface area (Å²) in [7, 11) is 1.84. The van der Waals surface area contributed by atoms with Crippen molar-refractivity contribution in [3.05, 3.63) is 0 Å². The summed E-state index contributed by atoms with van der Waals surface area (Å²) in [6.07, 6.45) is 4.78. The molecule has 3 aliphatic rings. The summed E-state index contributed by atoms with van der Waals surface area (Å²) in [4.78, 5) is 0. The molecule has 2 bridgehead atoms. The Labute approximate surface area is 87.8 Å². The average Bonchev–Trinajstić information content (AvgIpc) is 2.29. The van der Waals surface area contributed by atoms with E-state index in [0.717, 1.165) is 5.92 Å². The number of nitrogens with zero attached hydrogens (tertiary/aromatic N) is 1. The van der Waals surface area contributed by atoms with Crippen LogP contribution in [0.15, 0.2) is 0 Å². The van der Waals surface area contributed by atoms with E-state index in [1.54, 1.807) is 0 Å². The number of hydrogen-bond acceptors (Lipinski definition) is 1. The second-order valence-corrected chi connectivity index (χ2v) is 5.30. The van der Waals surface area contributed by atoms with Crippen LogP contribution in [0.2, 0.25) is 0 Å². The van der Waals surface area contributed by atoms with Crippen molar-refractivity contribution >= 4 is 0 Å². The van der Waals surface area contributed by atoms with Gasteiger partial charge in [0.25, 0.3) is 0 Å². The summed E-state index contributed by atoms with van der Waals surface area (Å²) in [5.41, 5.74) is 0. The van der Waals surface area contributed by atoms with Gasteiger partial charge in [0.2, 0.25) is 0 Å². The van der Waals surface area contributed by atoms with Gasteiger partial charge in [-0.25, -0.2) is 0 Å². The Bertz CT molecular complexity index is 183. The molecule has 3 heterocycles. The summed E-state index contributed by atoms with van der Waals surface area (Å²) >= 11 is 0. The van der Waals surface area contributed by atoms with Crippen molar-refractivity contribution in [2.75, 3.05) is 26.7 Å². The number of fused-ring (bicyclic) bond motifs is 3. The minimum atomic E-state index is 0.407. The van der Waals surface area contributed by atoms with Crippen LogP contribution < -0.4 is 0 Å². The Morgan fingerprint density at radius 3 is 2.00 bits per heavy atom. The number of ether oxygens (including phenoxy) is 1. The number of rotatable bonds is 3. The van der Waals surface area contributed by atoms with Gasteiger partial charge in [0, 0.05) is 7.11 Å². The van der Waals surface area contributed by atoms with Gasteiger partial charge in [0.1, 0.15) is 12.1 Å². The monoisotopic (exact) mass is 198 g/mol. The first kappa shape index (κ1) is 10.4. The Morgan fingerprint density at radius 2 is 1.57 bits per heavy atom. The topological polar surface area (TPSA) is 9.23 Å². The minimum Gasteiger partial charge on any atom is -0.376 e. The van der Waals surface area contributed by atoms with E-state index in [1.807, 2.05) is 7.11 Å². The molecule has 0 aromatic heterocycles. The minimum absolute atomic E-state index is 0.407. The molecule has 0 spiro atoms. The maximum Gasteiger partial charge on any atom is 0.112 e. The van der Waals surface area contributed by atoms with E-state index < -0.39 is 0 Å². The Balaban J connectivity index is 2.06. The van der Waals surface area contributed by atoms with Crippen molar-refractivity contribution < 1.29 is 9.22 Å². The first-order chi connectivity index (χ1) is 6.68. The molecule has 0 radical (unpaired) electrons. The molecule has 2 nitrogen and oxygen atoms in total. The smallest absolute Gasteiger partial charge is 0.112 e. The highest BCUT2D eigenvalue weighted by atomic mass is 16.5. The molecular formula is C12H24NO+. The second-order valence-electron chi connectivity index (χ2n) is 5.30. The van der Waals surface area contributed by atoms with Gasteiger partial charge in [-0.15, -0.1) is 0 Å². The number of methoxy groups -OCH3 is 1. The van der Waals surface area contributed by atoms with E-state index >= 15 is 0 Å². The zero-order valence-corrected chi connectivity index (χ0v) is 9.83. The van der Waals surface area contributed by atoms with Crippen LogP contribution in [0, 0.1) is 5.92 Å². The molecule has 3 rings (SSSR count). The number of piperidine rings is 3.